The molecule has 1 atom stereocenters. The molecule has 0 radical (unpaired) electrons. The van der Waals surface area contributed by atoms with Crippen molar-refractivity contribution in [1.82, 2.24) is 9.78 Å². The Morgan fingerprint density at radius 2 is 1.95 bits per heavy atom. The molecule has 3 heteroatoms. The van der Waals surface area contributed by atoms with Crippen LogP contribution in [-0.4, -0.2) is 16.4 Å². The summed E-state index contributed by atoms with van der Waals surface area (Å²) in [5.74, 6) is 0. The van der Waals surface area contributed by atoms with E-state index in [1.54, 1.807) is 0 Å². The SMILES string of the molecule is CC(C)(C)c1cc2n(n1)CCOC2c1ccccc1. The highest BCUT2D eigenvalue weighted by Gasteiger charge is 2.27. The number of ether oxygens (including phenoxy) is 1. The van der Waals surface area contributed by atoms with Crippen molar-refractivity contribution in [3.63, 3.8) is 0 Å². The first-order valence-corrected chi connectivity index (χ1v) is 6.80. The summed E-state index contributed by atoms with van der Waals surface area (Å²) in [6, 6.07) is 12.6. The summed E-state index contributed by atoms with van der Waals surface area (Å²) in [5.41, 5.74) is 3.58. The van der Waals surface area contributed by atoms with E-state index in [2.05, 4.69) is 55.8 Å². The quantitative estimate of drug-likeness (QED) is 0.782. The van der Waals surface area contributed by atoms with E-state index in [-0.39, 0.29) is 11.5 Å². The van der Waals surface area contributed by atoms with Gasteiger partial charge in [0.25, 0.3) is 0 Å². The molecule has 2 aromatic rings. The Bertz CT molecular complexity index is 566. The van der Waals surface area contributed by atoms with E-state index in [0.717, 1.165) is 18.8 Å². The smallest absolute Gasteiger partial charge is 0.124 e. The van der Waals surface area contributed by atoms with Crippen LogP contribution in [0.3, 0.4) is 0 Å². The van der Waals surface area contributed by atoms with Crippen LogP contribution in [0.15, 0.2) is 36.4 Å². The predicted octanol–water partition coefficient (Wildman–Crippen LogP) is 3.30. The van der Waals surface area contributed by atoms with Gasteiger partial charge in [0.2, 0.25) is 0 Å². The molecule has 100 valence electrons. The molecule has 3 nitrogen and oxygen atoms in total. The molecule has 1 aliphatic rings. The molecule has 3 rings (SSSR count). The van der Waals surface area contributed by atoms with Gasteiger partial charge in [0, 0.05) is 5.41 Å². The molecule has 0 N–H and O–H groups in total. The second kappa shape index (κ2) is 4.49. The van der Waals surface area contributed by atoms with Crippen molar-refractivity contribution in [3.8, 4) is 0 Å². The van der Waals surface area contributed by atoms with Gasteiger partial charge in [0.1, 0.15) is 6.10 Å². The minimum atomic E-state index is 0.0125. The minimum Gasteiger partial charge on any atom is -0.365 e. The number of benzene rings is 1. The van der Waals surface area contributed by atoms with Gasteiger partial charge in [-0.1, -0.05) is 51.1 Å². The Labute approximate surface area is 114 Å². The Hall–Kier alpha value is -1.61. The lowest BCUT2D eigenvalue weighted by Crippen LogP contribution is -2.23. The number of aromatic nitrogens is 2. The fourth-order valence-corrected chi connectivity index (χ4v) is 2.43. The summed E-state index contributed by atoms with van der Waals surface area (Å²) in [4.78, 5) is 0. The fourth-order valence-electron chi connectivity index (χ4n) is 2.43. The Morgan fingerprint density at radius 3 is 2.63 bits per heavy atom. The van der Waals surface area contributed by atoms with Crippen molar-refractivity contribution < 1.29 is 4.74 Å². The second-order valence-electron chi connectivity index (χ2n) is 6.09. The highest BCUT2D eigenvalue weighted by Crippen LogP contribution is 2.32. The molecule has 1 aliphatic heterocycles. The van der Waals surface area contributed by atoms with Crippen LogP contribution in [0, 0.1) is 0 Å². The predicted molar refractivity (Wildman–Crippen MR) is 75.2 cm³/mol. The van der Waals surface area contributed by atoms with Crippen molar-refractivity contribution in [2.75, 3.05) is 6.61 Å². The molecule has 1 aromatic carbocycles. The lowest BCUT2D eigenvalue weighted by atomic mass is 9.91. The van der Waals surface area contributed by atoms with Gasteiger partial charge in [-0.3, -0.25) is 4.68 Å². The molecule has 1 unspecified atom stereocenters. The summed E-state index contributed by atoms with van der Waals surface area (Å²) >= 11 is 0. The summed E-state index contributed by atoms with van der Waals surface area (Å²) in [6.07, 6.45) is 0.0125. The average molecular weight is 256 g/mol. The van der Waals surface area contributed by atoms with E-state index < -0.39 is 0 Å². The zero-order valence-corrected chi connectivity index (χ0v) is 11.8. The maximum absolute atomic E-state index is 5.96. The third kappa shape index (κ3) is 2.30. The molecule has 1 aromatic heterocycles. The van der Waals surface area contributed by atoms with Crippen LogP contribution >= 0.6 is 0 Å². The van der Waals surface area contributed by atoms with Crippen molar-refractivity contribution in [3.05, 3.63) is 53.3 Å². The van der Waals surface area contributed by atoms with Crippen molar-refractivity contribution in [2.45, 2.75) is 38.8 Å². The molecule has 0 amide bonds. The first kappa shape index (κ1) is 12.4. The van der Waals surface area contributed by atoms with E-state index >= 15 is 0 Å². The van der Waals surface area contributed by atoms with E-state index in [0.29, 0.717) is 0 Å². The number of hydrogen-bond acceptors (Lipinski definition) is 2. The molecule has 0 fully saturated rings. The highest BCUT2D eigenvalue weighted by atomic mass is 16.5. The molecule has 0 spiro atoms. The first-order valence-electron chi connectivity index (χ1n) is 6.80. The van der Waals surface area contributed by atoms with Gasteiger partial charge in [0.05, 0.1) is 24.5 Å². The van der Waals surface area contributed by atoms with Crippen LogP contribution < -0.4 is 0 Å². The van der Waals surface area contributed by atoms with E-state index in [4.69, 9.17) is 9.84 Å². The number of fused-ring (bicyclic) bond motifs is 1. The van der Waals surface area contributed by atoms with Gasteiger partial charge in [-0.2, -0.15) is 5.10 Å². The van der Waals surface area contributed by atoms with Gasteiger partial charge in [-0.25, -0.2) is 0 Å². The molecule has 0 bridgehead atoms. The largest absolute Gasteiger partial charge is 0.365 e. The Morgan fingerprint density at radius 1 is 1.21 bits per heavy atom. The van der Waals surface area contributed by atoms with Gasteiger partial charge in [0.15, 0.2) is 0 Å². The zero-order valence-electron chi connectivity index (χ0n) is 11.8. The minimum absolute atomic E-state index is 0.0125. The monoisotopic (exact) mass is 256 g/mol. The molecule has 0 aliphatic carbocycles. The van der Waals surface area contributed by atoms with Crippen LogP contribution in [0.25, 0.3) is 0 Å². The van der Waals surface area contributed by atoms with Crippen molar-refractivity contribution >= 4 is 0 Å². The number of rotatable bonds is 1. The number of nitrogens with zero attached hydrogens (tertiary/aromatic N) is 2. The van der Waals surface area contributed by atoms with Crippen LogP contribution in [0.2, 0.25) is 0 Å². The lowest BCUT2D eigenvalue weighted by Gasteiger charge is -2.24. The van der Waals surface area contributed by atoms with Gasteiger partial charge < -0.3 is 4.74 Å². The standard InChI is InChI=1S/C16H20N2O/c1-16(2,3)14-11-13-15(12-7-5-4-6-8-12)19-10-9-18(13)17-14/h4-8,11,15H,9-10H2,1-3H3. The summed E-state index contributed by atoms with van der Waals surface area (Å²) in [7, 11) is 0. The summed E-state index contributed by atoms with van der Waals surface area (Å²) in [5, 5.41) is 4.73. The van der Waals surface area contributed by atoms with Gasteiger partial charge in [-0.15, -0.1) is 0 Å². The maximum Gasteiger partial charge on any atom is 0.124 e. The van der Waals surface area contributed by atoms with Crippen LogP contribution in [0.1, 0.15) is 43.8 Å². The summed E-state index contributed by atoms with van der Waals surface area (Å²) < 4.78 is 8.05. The highest BCUT2D eigenvalue weighted by molar-refractivity contribution is 5.29. The fraction of sp³-hybridized carbons (Fsp3) is 0.438. The topological polar surface area (TPSA) is 27.1 Å². The van der Waals surface area contributed by atoms with Crippen molar-refractivity contribution in [2.24, 2.45) is 0 Å². The Balaban J connectivity index is 2.03. The first-order chi connectivity index (χ1) is 9.05. The van der Waals surface area contributed by atoms with Gasteiger partial charge in [-0.05, 0) is 11.6 Å². The van der Waals surface area contributed by atoms with Gasteiger partial charge >= 0.3 is 0 Å². The molecule has 0 saturated carbocycles. The zero-order chi connectivity index (χ0) is 13.5. The molecule has 2 heterocycles. The van der Waals surface area contributed by atoms with Crippen LogP contribution in [-0.2, 0) is 16.7 Å². The average Bonchev–Trinajstić information content (AvgIpc) is 2.83. The third-order valence-corrected chi connectivity index (χ3v) is 3.54. The van der Waals surface area contributed by atoms with Crippen LogP contribution in [0.4, 0.5) is 0 Å². The van der Waals surface area contributed by atoms with E-state index in [1.165, 1.54) is 11.3 Å². The Kier molecular flexibility index (Phi) is 2.94. The molecular weight excluding hydrogens is 236 g/mol. The van der Waals surface area contributed by atoms with E-state index in [1.807, 2.05) is 6.07 Å². The lowest BCUT2D eigenvalue weighted by molar-refractivity contribution is 0.0421. The molecule has 19 heavy (non-hydrogen) atoms. The van der Waals surface area contributed by atoms with Crippen LogP contribution in [0.5, 0.6) is 0 Å². The maximum atomic E-state index is 5.96. The second-order valence-corrected chi connectivity index (χ2v) is 6.09. The third-order valence-electron chi connectivity index (χ3n) is 3.54. The summed E-state index contributed by atoms with van der Waals surface area (Å²) in [6.45, 7) is 8.14. The molecule has 0 saturated heterocycles. The van der Waals surface area contributed by atoms with Crippen molar-refractivity contribution in [1.29, 1.82) is 0 Å². The normalized spacial score (nSPS) is 19.2. The van der Waals surface area contributed by atoms with E-state index in [9.17, 15) is 0 Å². The molecular formula is C16H20N2O. The number of hydrogen-bond donors (Lipinski definition) is 0.